The fourth-order valence-electron chi connectivity index (χ4n) is 3.85. The van der Waals surface area contributed by atoms with Gasteiger partial charge in [-0.1, -0.05) is 36.4 Å². The molecule has 4 aromatic rings. The highest BCUT2D eigenvalue weighted by Crippen LogP contribution is 2.45. The summed E-state index contributed by atoms with van der Waals surface area (Å²) in [7, 11) is -14.9. The largest absolute Gasteiger partial charge is 0.507 e. The van der Waals surface area contributed by atoms with Crippen molar-refractivity contribution in [3.8, 4) is 16.9 Å². The Morgan fingerprint density at radius 2 is 1.35 bits per heavy atom. The maximum atomic E-state index is 12.4. The molecule has 0 spiro atoms. The van der Waals surface area contributed by atoms with E-state index in [9.17, 15) is 44.0 Å². The zero-order chi connectivity index (χ0) is 25.2. The van der Waals surface area contributed by atoms with E-state index in [1.54, 1.807) is 12.1 Å². The zero-order valence-corrected chi connectivity index (χ0v) is 19.2. The second-order valence-electron chi connectivity index (χ2n) is 7.29. The number of fused-ring (bicyclic) bond motifs is 2. The first-order valence-corrected chi connectivity index (χ1v) is 13.5. The summed E-state index contributed by atoms with van der Waals surface area (Å²) < 4.78 is 101. The van der Waals surface area contributed by atoms with Crippen molar-refractivity contribution < 1.29 is 44.0 Å². The lowest BCUT2D eigenvalue weighted by molar-refractivity contribution is 0.471. The third-order valence-corrected chi connectivity index (χ3v) is 7.84. The highest BCUT2D eigenvalue weighted by atomic mass is 32.2. The first-order valence-electron chi connectivity index (χ1n) is 9.14. The molecule has 0 saturated heterocycles. The van der Waals surface area contributed by atoms with Crippen molar-refractivity contribution in [1.29, 1.82) is 0 Å². The Hall–Kier alpha value is -3.27. The number of phenolic OH excluding ortho intramolecular Hbond substituents is 1. The molecule has 0 aliphatic carbocycles. The number of phenols is 1. The summed E-state index contributed by atoms with van der Waals surface area (Å²) in [5.74, 6) is -0.778. The number of rotatable bonds is 4. The fraction of sp³-hybridized carbons (Fsp3) is 0. The zero-order valence-electron chi connectivity index (χ0n) is 16.7. The van der Waals surface area contributed by atoms with Crippen LogP contribution in [0.2, 0.25) is 0 Å². The lowest BCUT2D eigenvalue weighted by Gasteiger charge is -2.18. The second-order valence-corrected chi connectivity index (χ2v) is 11.5. The highest BCUT2D eigenvalue weighted by molar-refractivity contribution is 7.86. The lowest BCUT2D eigenvalue weighted by atomic mass is 9.96. The van der Waals surface area contributed by atoms with Crippen molar-refractivity contribution in [2.75, 3.05) is 5.73 Å². The van der Waals surface area contributed by atoms with Crippen molar-refractivity contribution in [2.45, 2.75) is 14.7 Å². The molecule has 0 atom stereocenters. The summed E-state index contributed by atoms with van der Waals surface area (Å²) >= 11 is 0. The first-order chi connectivity index (χ1) is 15.6. The first kappa shape index (κ1) is 23.9. The van der Waals surface area contributed by atoms with Gasteiger partial charge in [0.2, 0.25) is 0 Å². The summed E-state index contributed by atoms with van der Waals surface area (Å²) in [6.45, 7) is 0. The molecule has 0 radical (unpaired) electrons. The summed E-state index contributed by atoms with van der Waals surface area (Å²) in [6.07, 6.45) is 0. The second kappa shape index (κ2) is 7.63. The molecule has 0 saturated carbocycles. The predicted octanol–water partition coefficient (Wildman–Crippen LogP) is 2.69. The van der Waals surface area contributed by atoms with E-state index in [-0.39, 0.29) is 16.2 Å². The molecule has 14 heteroatoms. The Kier molecular flexibility index (Phi) is 5.35. The van der Waals surface area contributed by atoms with Crippen LogP contribution in [0.3, 0.4) is 0 Å². The molecule has 11 nitrogen and oxygen atoms in total. The molecule has 0 aliphatic heterocycles. The molecule has 0 heterocycles. The Labute approximate surface area is 193 Å². The number of benzene rings is 4. The third-order valence-electron chi connectivity index (χ3n) is 5.18. The SMILES string of the molecule is Nc1c(-c2ccc3ccccc3c2S(=O)(=O)O)c(S(=O)(=O)O)cc2cc(S(=O)(=O)O)cc(O)c12. The van der Waals surface area contributed by atoms with Gasteiger partial charge in [0.25, 0.3) is 30.4 Å². The van der Waals surface area contributed by atoms with Crippen LogP contribution < -0.4 is 5.73 Å². The maximum absolute atomic E-state index is 12.4. The van der Waals surface area contributed by atoms with Crippen LogP contribution in [0.15, 0.2) is 69.3 Å². The average Bonchev–Trinajstić information content (AvgIpc) is 2.70. The van der Waals surface area contributed by atoms with Gasteiger partial charge in [0.1, 0.15) is 15.5 Å². The Morgan fingerprint density at radius 1 is 0.706 bits per heavy atom. The number of anilines is 1. The van der Waals surface area contributed by atoms with Gasteiger partial charge in [-0.2, -0.15) is 25.3 Å². The van der Waals surface area contributed by atoms with E-state index < -0.39 is 67.6 Å². The summed E-state index contributed by atoms with van der Waals surface area (Å²) in [4.78, 5) is -2.41. The number of aromatic hydroxyl groups is 1. The van der Waals surface area contributed by atoms with Crippen molar-refractivity contribution in [3.63, 3.8) is 0 Å². The molecule has 0 bridgehead atoms. The van der Waals surface area contributed by atoms with Gasteiger partial charge in [-0.25, -0.2) is 0 Å². The summed E-state index contributed by atoms with van der Waals surface area (Å²) in [6, 6.07) is 10.8. The quantitative estimate of drug-likeness (QED) is 0.193. The number of nitrogen functional groups attached to an aromatic ring is 1. The number of hydrogen-bond acceptors (Lipinski definition) is 8. The minimum Gasteiger partial charge on any atom is -0.507 e. The van der Waals surface area contributed by atoms with Crippen LogP contribution in [0.5, 0.6) is 5.75 Å². The Balaban J connectivity index is 2.28. The number of hydrogen-bond donors (Lipinski definition) is 5. The Morgan fingerprint density at radius 3 is 1.94 bits per heavy atom. The average molecular weight is 526 g/mol. The van der Waals surface area contributed by atoms with Crippen molar-refractivity contribution in [1.82, 2.24) is 0 Å². The van der Waals surface area contributed by atoms with E-state index in [0.29, 0.717) is 11.5 Å². The summed E-state index contributed by atoms with van der Waals surface area (Å²) in [5, 5.41) is 10.2. The van der Waals surface area contributed by atoms with Gasteiger partial charge >= 0.3 is 0 Å². The van der Waals surface area contributed by atoms with Crippen molar-refractivity contribution in [3.05, 3.63) is 54.6 Å². The van der Waals surface area contributed by atoms with Crippen LogP contribution >= 0.6 is 0 Å². The van der Waals surface area contributed by atoms with Gasteiger partial charge < -0.3 is 10.8 Å². The number of nitrogens with two attached hydrogens (primary N) is 1. The van der Waals surface area contributed by atoms with Crippen molar-refractivity contribution >= 4 is 57.6 Å². The normalized spacial score (nSPS) is 12.9. The van der Waals surface area contributed by atoms with E-state index >= 15 is 0 Å². The molecule has 4 aromatic carbocycles. The monoisotopic (exact) mass is 525 g/mol. The predicted molar refractivity (Wildman–Crippen MR) is 122 cm³/mol. The molecular formula is C20H15NO10S3. The molecule has 6 N–H and O–H groups in total. The van der Waals surface area contributed by atoms with Crippen LogP contribution in [0.25, 0.3) is 32.7 Å². The van der Waals surface area contributed by atoms with Crippen LogP contribution in [-0.4, -0.2) is 44.0 Å². The molecule has 0 aromatic heterocycles. The van der Waals surface area contributed by atoms with Gasteiger partial charge in [-0.3, -0.25) is 13.7 Å². The molecular weight excluding hydrogens is 510 g/mol. The standard InChI is InChI=1S/C20H15NO10S3/c21-19-17-11(7-12(9-15(17)22)32(23,24)25)8-16(33(26,27)28)18(19)14-6-5-10-3-1-2-4-13(10)20(14)34(29,30)31/h1-9,22H,21H2,(H,23,24,25)(H,26,27,28)(H,29,30,31). The topological polar surface area (TPSA) is 209 Å². The Bertz CT molecular complexity index is 1850. The van der Waals surface area contributed by atoms with Crippen molar-refractivity contribution in [2.24, 2.45) is 0 Å². The van der Waals surface area contributed by atoms with E-state index in [4.69, 9.17) is 5.73 Å². The molecule has 0 fully saturated rings. The molecule has 4 rings (SSSR count). The maximum Gasteiger partial charge on any atom is 0.295 e. The van der Waals surface area contributed by atoms with E-state index in [1.165, 1.54) is 24.3 Å². The molecule has 178 valence electrons. The van der Waals surface area contributed by atoms with Gasteiger partial charge in [0.15, 0.2) is 0 Å². The minimum atomic E-state index is -5.12. The molecule has 34 heavy (non-hydrogen) atoms. The minimum absolute atomic E-state index is 0.0224. The van der Waals surface area contributed by atoms with Crippen LogP contribution in [0.4, 0.5) is 5.69 Å². The van der Waals surface area contributed by atoms with Crippen LogP contribution in [0.1, 0.15) is 0 Å². The van der Waals surface area contributed by atoms with E-state index in [0.717, 1.165) is 12.1 Å². The fourth-order valence-corrected chi connectivity index (χ4v) is 6.05. The van der Waals surface area contributed by atoms with Crippen LogP contribution in [0, 0.1) is 0 Å². The smallest absolute Gasteiger partial charge is 0.295 e. The van der Waals surface area contributed by atoms with E-state index in [2.05, 4.69) is 0 Å². The van der Waals surface area contributed by atoms with Crippen LogP contribution in [-0.2, 0) is 30.4 Å². The summed E-state index contributed by atoms with van der Waals surface area (Å²) in [5.41, 5.74) is 4.65. The van der Waals surface area contributed by atoms with Gasteiger partial charge in [0, 0.05) is 28.0 Å². The molecule has 0 amide bonds. The molecule has 0 unspecified atom stereocenters. The highest BCUT2D eigenvalue weighted by Gasteiger charge is 2.29. The van der Waals surface area contributed by atoms with E-state index in [1.807, 2.05) is 0 Å². The third kappa shape index (κ3) is 3.96. The van der Waals surface area contributed by atoms with Gasteiger partial charge in [-0.15, -0.1) is 0 Å². The molecule has 0 aliphatic rings. The lowest BCUT2D eigenvalue weighted by Crippen LogP contribution is -2.09. The van der Waals surface area contributed by atoms with Gasteiger partial charge in [0.05, 0.1) is 10.6 Å². The van der Waals surface area contributed by atoms with Gasteiger partial charge in [-0.05, 0) is 22.9 Å².